The molecule has 0 radical (unpaired) electrons. The number of hydrogen-bond donors (Lipinski definition) is 0. The average Bonchev–Trinajstić information content (AvgIpc) is 3.20. The Morgan fingerprint density at radius 2 is 1.91 bits per heavy atom. The fourth-order valence-electron chi connectivity index (χ4n) is 4.25. The van der Waals surface area contributed by atoms with Crippen molar-refractivity contribution in [2.75, 3.05) is 31.1 Å². The highest BCUT2D eigenvalue weighted by Crippen LogP contribution is 2.32. The number of rotatable bonds is 6. The molecule has 0 bridgehead atoms. The van der Waals surface area contributed by atoms with E-state index >= 15 is 0 Å². The summed E-state index contributed by atoms with van der Waals surface area (Å²) in [5.74, 6) is 1.11. The van der Waals surface area contributed by atoms with Gasteiger partial charge >= 0.3 is 5.56 Å². The van der Waals surface area contributed by atoms with E-state index in [-0.39, 0.29) is 17.4 Å². The predicted octanol–water partition coefficient (Wildman–Crippen LogP) is 1.45. The molecule has 2 unspecified atom stereocenters. The first-order valence-electron chi connectivity index (χ1n) is 11.1. The van der Waals surface area contributed by atoms with Gasteiger partial charge in [-0.25, -0.2) is 8.42 Å². The van der Waals surface area contributed by atoms with Gasteiger partial charge in [-0.05, 0) is 51.2 Å². The van der Waals surface area contributed by atoms with Crippen LogP contribution in [0.3, 0.4) is 0 Å². The number of piperazine rings is 1. The van der Waals surface area contributed by atoms with E-state index in [4.69, 9.17) is 4.74 Å². The molecule has 4 rings (SSSR count). The Balaban J connectivity index is 1.64. The fourth-order valence-corrected chi connectivity index (χ4v) is 5.51. The molecule has 1 aliphatic heterocycles. The first-order valence-corrected chi connectivity index (χ1v) is 12.6. The van der Waals surface area contributed by atoms with Crippen LogP contribution in [0, 0.1) is 5.92 Å². The third-order valence-corrected chi connectivity index (χ3v) is 8.43. The summed E-state index contributed by atoms with van der Waals surface area (Å²) < 4.78 is 34.0. The maximum absolute atomic E-state index is 13.4. The van der Waals surface area contributed by atoms with E-state index in [0.29, 0.717) is 43.6 Å². The monoisotopic (exact) mass is 462 g/mol. The summed E-state index contributed by atoms with van der Waals surface area (Å²) >= 11 is 0. The highest BCUT2D eigenvalue weighted by molar-refractivity contribution is 7.89. The van der Waals surface area contributed by atoms with E-state index in [1.54, 1.807) is 32.2 Å². The van der Waals surface area contributed by atoms with Gasteiger partial charge in [0.2, 0.25) is 15.8 Å². The van der Waals surface area contributed by atoms with Gasteiger partial charge in [0.1, 0.15) is 5.69 Å². The highest BCUT2D eigenvalue weighted by atomic mass is 32.2. The second-order valence-electron chi connectivity index (χ2n) is 8.80. The lowest BCUT2D eigenvalue weighted by molar-refractivity contribution is 0.201. The zero-order valence-corrected chi connectivity index (χ0v) is 19.5. The summed E-state index contributed by atoms with van der Waals surface area (Å²) in [6.45, 7) is 7.18. The molecule has 2 aliphatic rings. The Morgan fingerprint density at radius 1 is 1.16 bits per heavy atom. The number of anilines is 1. The van der Waals surface area contributed by atoms with Crippen molar-refractivity contribution in [3.05, 3.63) is 34.9 Å². The Labute approximate surface area is 188 Å². The van der Waals surface area contributed by atoms with Gasteiger partial charge in [0, 0.05) is 32.4 Å². The molecule has 2 fully saturated rings. The summed E-state index contributed by atoms with van der Waals surface area (Å²) in [7, 11) is -3.31. The molecule has 0 amide bonds. The van der Waals surface area contributed by atoms with Crippen molar-refractivity contribution in [1.82, 2.24) is 24.3 Å². The van der Waals surface area contributed by atoms with Gasteiger partial charge in [-0.15, -0.1) is 5.10 Å². The van der Waals surface area contributed by atoms with Crippen molar-refractivity contribution in [1.29, 1.82) is 0 Å². The Morgan fingerprint density at radius 3 is 2.50 bits per heavy atom. The molecule has 1 saturated heterocycles. The van der Waals surface area contributed by atoms with E-state index in [1.165, 1.54) is 15.2 Å². The fraction of sp³-hybridized carbons (Fsp3) is 0.619. The second-order valence-corrected chi connectivity index (χ2v) is 11.3. The molecule has 3 heterocycles. The molecule has 2 aromatic heterocycles. The largest absolute Gasteiger partial charge is 0.483 e. The average molecular weight is 463 g/mol. The number of hydrogen-bond acceptors (Lipinski definition) is 8. The third-order valence-electron chi connectivity index (χ3n) is 6.16. The lowest BCUT2D eigenvalue weighted by Crippen LogP contribution is -2.50. The van der Waals surface area contributed by atoms with Crippen LogP contribution in [0.2, 0.25) is 0 Å². The molecule has 0 aromatic carbocycles. The predicted molar refractivity (Wildman–Crippen MR) is 121 cm³/mol. The quantitative estimate of drug-likeness (QED) is 0.634. The molecule has 10 nitrogen and oxygen atoms in total. The lowest BCUT2D eigenvalue weighted by Gasteiger charge is -2.36. The standard InChI is InChI=1S/C21H30N6O4S/c1-15(2)32(29,30)26-11-9-25(10-12-26)18-14-23-27(19-5-4-8-22-24-19)21(28)20(18)31-17-7-6-16(3)13-17/h4-5,8,14-17H,6-7,9-13H2,1-3H3. The second kappa shape index (κ2) is 9.14. The summed E-state index contributed by atoms with van der Waals surface area (Å²) in [5.41, 5.74) is 0.205. The first-order chi connectivity index (χ1) is 15.3. The van der Waals surface area contributed by atoms with Crippen molar-refractivity contribution >= 4 is 15.7 Å². The van der Waals surface area contributed by atoms with Crippen molar-refractivity contribution < 1.29 is 13.2 Å². The minimum absolute atomic E-state index is 0.0308. The summed E-state index contributed by atoms with van der Waals surface area (Å²) in [6, 6.07) is 3.36. The Kier molecular flexibility index (Phi) is 6.47. The number of nitrogens with zero attached hydrogens (tertiary/aromatic N) is 6. The van der Waals surface area contributed by atoms with Gasteiger partial charge in [0.25, 0.3) is 0 Å². The molecule has 2 aromatic rings. The van der Waals surface area contributed by atoms with E-state index in [0.717, 1.165) is 19.3 Å². The van der Waals surface area contributed by atoms with Crippen LogP contribution in [0.5, 0.6) is 5.75 Å². The van der Waals surface area contributed by atoms with Crippen molar-refractivity contribution in [2.45, 2.75) is 51.4 Å². The molecular weight excluding hydrogens is 432 g/mol. The molecule has 2 atom stereocenters. The van der Waals surface area contributed by atoms with Crippen LogP contribution < -0.4 is 15.2 Å². The molecule has 174 valence electrons. The maximum atomic E-state index is 13.4. The van der Waals surface area contributed by atoms with Crippen LogP contribution in [0.25, 0.3) is 5.82 Å². The van der Waals surface area contributed by atoms with Gasteiger partial charge in [-0.2, -0.15) is 19.2 Å². The van der Waals surface area contributed by atoms with Gasteiger partial charge in [0.15, 0.2) is 5.82 Å². The van der Waals surface area contributed by atoms with Crippen LogP contribution in [0.1, 0.15) is 40.0 Å². The van der Waals surface area contributed by atoms with Crippen molar-refractivity contribution in [2.24, 2.45) is 5.92 Å². The SMILES string of the molecule is CC1CCC(Oc2c(N3CCN(S(=O)(=O)C(C)C)CC3)cnn(-c3cccnn3)c2=O)C1. The van der Waals surface area contributed by atoms with E-state index in [1.807, 2.05) is 4.90 Å². The van der Waals surface area contributed by atoms with Gasteiger partial charge < -0.3 is 9.64 Å². The van der Waals surface area contributed by atoms with Crippen LogP contribution in [-0.2, 0) is 10.0 Å². The molecular formula is C21H30N6O4S. The number of sulfonamides is 1. The Hall–Kier alpha value is -2.53. The van der Waals surface area contributed by atoms with E-state index < -0.39 is 15.3 Å². The zero-order chi connectivity index (χ0) is 22.9. The molecule has 0 N–H and O–H groups in total. The van der Waals surface area contributed by atoms with Gasteiger partial charge in [0.05, 0.1) is 17.6 Å². The Bertz CT molecular complexity index is 1100. The molecule has 11 heteroatoms. The van der Waals surface area contributed by atoms with Crippen molar-refractivity contribution in [3.8, 4) is 11.6 Å². The zero-order valence-electron chi connectivity index (χ0n) is 18.7. The molecule has 32 heavy (non-hydrogen) atoms. The summed E-state index contributed by atoms with van der Waals surface area (Å²) in [4.78, 5) is 15.4. The van der Waals surface area contributed by atoms with Crippen LogP contribution in [-0.4, -0.2) is 70.2 Å². The van der Waals surface area contributed by atoms with Crippen molar-refractivity contribution in [3.63, 3.8) is 0 Å². The lowest BCUT2D eigenvalue weighted by atomic mass is 10.1. The maximum Gasteiger partial charge on any atom is 0.317 e. The summed E-state index contributed by atoms with van der Waals surface area (Å²) in [6.07, 6.45) is 5.97. The normalized spacial score (nSPS) is 22.4. The first kappa shape index (κ1) is 22.7. The minimum atomic E-state index is -3.31. The van der Waals surface area contributed by atoms with E-state index in [9.17, 15) is 13.2 Å². The number of aromatic nitrogens is 4. The van der Waals surface area contributed by atoms with Gasteiger partial charge in [-0.1, -0.05) is 6.92 Å². The van der Waals surface area contributed by atoms with E-state index in [2.05, 4.69) is 22.2 Å². The third kappa shape index (κ3) is 4.49. The highest BCUT2D eigenvalue weighted by Gasteiger charge is 2.32. The topological polar surface area (TPSA) is 111 Å². The molecule has 0 spiro atoms. The molecule has 1 saturated carbocycles. The minimum Gasteiger partial charge on any atom is -0.483 e. The van der Waals surface area contributed by atoms with Crippen LogP contribution in [0.4, 0.5) is 5.69 Å². The summed E-state index contributed by atoms with van der Waals surface area (Å²) in [5, 5.41) is 11.7. The van der Waals surface area contributed by atoms with Gasteiger partial charge in [-0.3, -0.25) is 4.79 Å². The van der Waals surface area contributed by atoms with Crippen LogP contribution in [0.15, 0.2) is 29.3 Å². The molecule has 1 aliphatic carbocycles. The van der Waals surface area contributed by atoms with Crippen LogP contribution >= 0.6 is 0 Å². The smallest absolute Gasteiger partial charge is 0.317 e. The number of ether oxygens (including phenoxy) is 1.